The van der Waals surface area contributed by atoms with Crippen LogP contribution in [0.1, 0.15) is 19.8 Å². The van der Waals surface area contributed by atoms with E-state index in [4.69, 9.17) is 0 Å². The third kappa shape index (κ3) is 2.38. The van der Waals surface area contributed by atoms with Crippen molar-refractivity contribution in [1.82, 2.24) is 9.78 Å². The summed E-state index contributed by atoms with van der Waals surface area (Å²) in [4.78, 5) is 11.1. The quantitative estimate of drug-likeness (QED) is 0.734. The van der Waals surface area contributed by atoms with Gasteiger partial charge in [-0.3, -0.25) is 9.48 Å². The molecule has 0 radical (unpaired) electrons. The Bertz CT molecular complexity index is 267. The molecule has 0 aromatic carbocycles. The largest absolute Gasteiger partial charge is 0.309 e. The average Bonchev–Trinajstić information content (AvgIpc) is 2.36. The lowest BCUT2D eigenvalue weighted by Gasteiger charge is -1.98. The number of aromatic nitrogens is 2. The van der Waals surface area contributed by atoms with E-state index in [9.17, 15) is 4.79 Å². The maximum Gasteiger partial charge on any atom is 0.225 e. The first-order valence-corrected chi connectivity index (χ1v) is 4.02. The summed E-state index contributed by atoms with van der Waals surface area (Å²) in [5.41, 5.74) is 0. The van der Waals surface area contributed by atoms with Crippen LogP contribution in [0, 0.1) is 0 Å². The van der Waals surface area contributed by atoms with E-state index in [2.05, 4.69) is 10.4 Å². The molecule has 0 aliphatic rings. The van der Waals surface area contributed by atoms with Crippen LogP contribution < -0.4 is 5.32 Å². The molecule has 0 spiro atoms. The Kier molecular flexibility index (Phi) is 2.85. The van der Waals surface area contributed by atoms with E-state index in [1.807, 2.05) is 14.0 Å². The normalized spacial score (nSPS) is 9.83. The van der Waals surface area contributed by atoms with E-state index < -0.39 is 0 Å². The number of hydrogen-bond acceptors (Lipinski definition) is 2. The number of hydrogen-bond donors (Lipinski definition) is 1. The van der Waals surface area contributed by atoms with Crippen molar-refractivity contribution >= 4 is 11.7 Å². The zero-order valence-electron chi connectivity index (χ0n) is 7.37. The third-order valence-corrected chi connectivity index (χ3v) is 1.46. The molecule has 1 rings (SSSR count). The Hall–Kier alpha value is -1.32. The fraction of sp³-hybridized carbons (Fsp3) is 0.500. The standard InChI is InChI=1S/C8H13N3O/c1-3-4-8(12)9-7-5-6-11(2)10-7/h5-6H,3-4H2,1-2H3,(H,9,10,12). The van der Waals surface area contributed by atoms with Crippen LogP contribution >= 0.6 is 0 Å². The Balaban J connectivity index is 2.46. The molecular formula is C8H13N3O. The van der Waals surface area contributed by atoms with Gasteiger partial charge < -0.3 is 5.32 Å². The fourth-order valence-electron chi connectivity index (χ4n) is 0.914. The lowest BCUT2D eigenvalue weighted by Crippen LogP contribution is -2.11. The van der Waals surface area contributed by atoms with E-state index in [0.29, 0.717) is 12.2 Å². The number of nitrogens with zero attached hydrogens (tertiary/aromatic N) is 2. The van der Waals surface area contributed by atoms with Gasteiger partial charge >= 0.3 is 0 Å². The molecule has 0 fully saturated rings. The second-order valence-electron chi connectivity index (χ2n) is 2.67. The minimum absolute atomic E-state index is 0.0243. The molecule has 4 nitrogen and oxygen atoms in total. The van der Waals surface area contributed by atoms with Gasteiger partial charge in [0.2, 0.25) is 5.91 Å². The second kappa shape index (κ2) is 3.90. The first-order chi connectivity index (χ1) is 5.72. The van der Waals surface area contributed by atoms with Crippen LogP contribution in [0.25, 0.3) is 0 Å². The molecule has 66 valence electrons. The molecule has 1 aromatic rings. The van der Waals surface area contributed by atoms with Gasteiger partial charge in [0.15, 0.2) is 5.82 Å². The van der Waals surface area contributed by atoms with Crippen molar-refractivity contribution < 1.29 is 4.79 Å². The summed E-state index contributed by atoms with van der Waals surface area (Å²) < 4.78 is 1.65. The SMILES string of the molecule is CCCC(=O)Nc1ccn(C)n1. The first kappa shape index (κ1) is 8.77. The summed E-state index contributed by atoms with van der Waals surface area (Å²) in [5, 5.41) is 6.71. The number of nitrogens with one attached hydrogen (secondary N) is 1. The minimum atomic E-state index is 0.0243. The van der Waals surface area contributed by atoms with Crippen molar-refractivity contribution in [1.29, 1.82) is 0 Å². The van der Waals surface area contributed by atoms with Crippen LogP contribution in [-0.4, -0.2) is 15.7 Å². The predicted octanol–water partition coefficient (Wildman–Crippen LogP) is 1.16. The van der Waals surface area contributed by atoms with Crippen LogP contribution in [0.2, 0.25) is 0 Å². The minimum Gasteiger partial charge on any atom is -0.309 e. The van der Waals surface area contributed by atoms with Crippen molar-refractivity contribution in [2.75, 3.05) is 5.32 Å². The highest BCUT2D eigenvalue weighted by Crippen LogP contribution is 2.01. The van der Waals surface area contributed by atoms with E-state index in [-0.39, 0.29) is 5.91 Å². The number of carbonyl (C=O) groups is 1. The molecule has 4 heteroatoms. The van der Waals surface area contributed by atoms with E-state index in [1.165, 1.54) is 0 Å². The molecule has 12 heavy (non-hydrogen) atoms. The van der Waals surface area contributed by atoms with E-state index >= 15 is 0 Å². The summed E-state index contributed by atoms with van der Waals surface area (Å²) in [6.45, 7) is 1.97. The topological polar surface area (TPSA) is 46.9 Å². The van der Waals surface area contributed by atoms with Gasteiger partial charge in [-0.15, -0.1) is 0 Å². The van der Waals surface area contributed by atoms with Gasteiger partial charge in [-0.2, -0.15) is 5.10 Å². The summed E-state index contributed by atoms with van der Waals surface area (Å²) in [6.07, 6.45) is 3.21. The van der Waals surface area contributed by atoms with Crippen molar-refractivity contribution in [2.45, 2.75) is 19.8 Å². The van der Waals surface area contributed by atoms with Crippen LogP contribution in [0.3, 0.4) is 0 Å². The molecule has 0 aliphatic heterocycles. The molecule has 0 atom stereocenters. The molecule has 0 saturated heterocycles. The second-order valence-corrected chi connectivity index (χ2v) is 2.67. The van der Waals surface area contributed by atoms with Crippen LogP contribution in [0.5, 0.6) is 0 Å². The number of amides is 1. The Morgan fingerprint density at radius 3 is 3.00 bits per heavy atom. The maximum atomic E-state index is 11.1. The highest BCUT2D eigenvalue weighted by Gasteiger charge is 2.01. The number of aryl methyl sites for hydroxylation is 1. The molecule has 1 amide bonds. The van der Waals surface area contributed by atoms with Crippen molar-refractivity contribution in [3.63, 3.8) is 0 Å². The van der Waals surface area contributed by atoms with Crippen LogP contribution in [0.15, 0.2) is 12.3 Å². The molecule has 0 unspecified atom stereocenters. The lowest BCUT2D eigenvalue weighted by atomic mass is 10.3. The summed E-state index contributed by atoms with van der Waals surface area (Å²) >= 11 is 0. The van der Waals surface area contributed by atoms with Gasteiger partial charge in [-0.25, -0.2) is 0 Å². The Labute approximate surface area is 71.6 Å². The Morgan fingerprint density at radius 1 is 1.75 bits per heavy atom. The van der Waals surface area contributed by atoms with Crippen LogP contribution in [-0.2, 0) is 11.8 Å². The van der Waals surface area contributed by atoms with E-state index in [1.54, 1.807) is 16.9 Å². The molecule has 1 aromatic heterocycles. The zero-order chi connectivity index (χ0) is 8.97. The molecule has 0 aliphatic carbocycles. The van der Waals surface area contributed by atoms with Crippen molar-refractivity contribution in [2.24, 2.45) is 7.05 Å². The number of anilines is 1. The van der Waals surface area contributed by atoms with Crippen LogP contribution in [0.4, 0.5) is 5.82 Å². The van der Waals surface area contributed by atoms with Gasteiger partial charge in [0, 0.05) is 25.7 Å². The third-order valence-electron chi connectivity index (χ3n) is 1.46. The first-order valence-electron chi connectivity index (χ1n) is 4.02. The zero-order valence-corrected chi connectivity index (χ0v) is 7.37. The summed E-state index contributed by atoms with van der Waals surface area (Å²) in [7, 11) is 1.81. The van der Waals surface area contributed by atoms with Gasteiger partial charge in [0.25, 0.3) is 0 Å². The highest BCUT2D eigenvalue weighted by molar-refractivity contribution is 5.89. The van der Waals surface area contributed by atoms with Crippen molar-refractivity contribution in [3.05, 3.63) is 12.3 Å². The Morgan fingerprint density at radius 2 is 2.50 bits per heavy atom. The average molecular weight is 167 g/mol. The number of rotatable bonds is 3. The van der Waals surface area contributed by atoms with Gasteiger partial charge in [-0.1, -0.05) is 6.92 Å². The molecular weight excluding hydrogens is 154 g/mol. The highest BCUT2D eigenvalue weighted by atomic mass is 16.1. The summed E-state index contributed by atoms with van der Waals surface area (Å²) in [5.74, 6) is 0.646. The molecule has 0 saturated carbocycles. The van der Waals surface area contributed by atoms with Gasteiger partial charge in [-0.05, 0) is 6.42 Å². The molecule has 1 N–H and O–H groups in total. The van der Waals surface area contributed by atoms with E-state index in [0.717, 1.165) is 6.42 Å². The number of carbonyl (C=O) groups excluding carboxylic acids is 1. The van der Waals surface area contributed by atoms with Gasteiger partial charge in [0.1, 0.15) is 0 Å². The monoisotopic (exact) mass is 167 g/mol. The van der Waals surface area contributed by atoms with Crippen molar-refractivity contribution in [3.8, 4) is 0 Å². The molecule has 0 bridgehead atoms. The lowest BCUT2D eigenvalue weighted by molar-refractivity contribution is -0.116. The fourth-order valence-corrected chi connectivity index (χ4v) is 0.914. The smallest absolute Gasteiger partial charge is 0.225 e. The molecule has 1 heterocycles. The summed E-state index contributed by atoms with van der Waals surface area (Å²) in [6, 6.07) is 1.77. The maximum absolute atomic E-state index is 11.1. The predicted molar refractivity (Wildman–Crippen MR) is 46.7 cm³/mol. The van der Waals surface area contributed by atoms with Gasteiger partial charge in [0.05, 0.1) is 0 Å².